The summed E-state index contributed by atoms with van der Waals surface area (Å²) < 4.78 is 1.26. The van der Waals surface area contributed by atoms with Crippen molar-refractivity contribution in [2.45, 2.75) is 26.3 Å². The van der Waals surface area contributed by atoms with Gasteiger partial charge in [0.2, 0.25) is 0 Å². The molecule has 102 valence electrons. The van der Waals surface area contributed by atoms with E-state index < -0.39 is 0 Å². The second-order valence-electron chi connectivity index (χ2n) is 4.91. The molecule has 0 amide bonds. The van der Waals surface area contributed by atoms with Crippen LogP contribution in [0, 0.1) is 6.92 Å². The zero-order valence-corrected chi connectivity index (χ0v) is 12.4. The van der Waals surface area contributed by atoms with Crippen LogP contribution in [0.3, 0.4) is 0 Å². The molecule has 1 aromatic carbocycles. The summed E-state index contributed by atoms with van der Waals surface area (Å²) in [6.45, 7) is 4.04. The van der Waals surface area contributed by atoms with Crippen LogP contribution in [0.15, 0.2) is 35.7 Å². The van der Waals surface area contributed by atoms with Gasteiger partial charge in [0, 0.05) is 4.70 Å². The molecule has 3 rings (SSSR count). The molecule has 2 aromatic heterocycles. The molecule has 3 nitrogen and oxygen atoms in total. The monoisotopic (exact) mass is 283 g/mol. The standard InChI is InChI=1S/C16H17N3S/c1-3-14-13(9-10(2)18-19-14)15(17)12-6-4-5-11-7-8-20-16(11)12/h4-9,15H,3,17H2,1-2H3. The number of thiophene rings is 1. The summed E-state index contributed by atoms with van der Waals surface area (Å²) in [6.07, 6.45) is 0.844. The van der Waals surface area contributed by atoms with Gasteiger partial charge in [-0.05, 0) is 47.4 Å². The predicted molar refractivity (Wildman–Crippen MR) is 84.0 cm³/mol. The number of aryl methyl sites for hydroxylation is 2. The lowest BCUT2D eigenvalue weighted by atomic mass is 9.96. The zero-order valence-electron chi connectivity index (χ0n) is 11.6. The van der Waals surface area contributed by atoms with Crippen molar-refractivity contribution in [2.24, 2.45) is 5.73 Å². The van der Waals surface area contributed by atoms with Gasteiger partial charge >= 0.3 is 0 Å². The first-order chi connectivity index (χ1) is 9.70. The van der Waals surface area contributed by atoms with E-state index in [1.807, 2.05) is 6.92 Å². The molecular weight excluding hydrogens is 266 g/mol. The van der Waals surface area contributed by atoms with Crippen LogP contribution >= 0.6 is 11.3 Å². The summed E-state index contributed by atoms with van der Waals surface area (Å²) in [5.41, 5.74) is 10.7. The van der Waals surface area contributed by atoms with E-state index >= 15 is 0 Å². The number of nitrogens with zero attached hydrogens (tertiary/aromatic N) is 2. The minimum absolute atomic E-state index is 0.151. The van der Waals surface area contributed by atoms with E-state index in [1.54, 1.807) is 11.3 Å². The number of hydrogen-bond acceptors (Lipinski definition) is 4. The number of rotatable bonds is 3. The highest BCUT2D eigenvalue weighted by Crippen LogP contribution is 2.32. The van der Waals surface area contributed by atoms with Crippen molar-refractivity contribution in [1.29, 1.82) is 0 Å². The van der Waals surface area contributed by atoms with Crippen LogP contribution < -0.4 is 5.73 Å². The van der Waals surface area contributed by atoms with Gasteiger partial charge in [0.05, 0.1) is 17.4 Å². The molecule has 0 saturated carbocycles. The van der Waals surface area contributed by atoms with E-state index in [2.05, 4.69) is 52.8 Å². The lowest BCUT2D eigenvalue weighted by Gasteiger charge is -2.16. The van der Waals surface area contributed by atoms with E-state index in [4.69, 9.17) is 5.73 Å². The first-order valence-corrected chi connectivity index (χ1v) is 7.63. The van der Waals surface area contributed by atoms with Crippen LogP contribution in [0.2, 0.25) is 0 Å². The Hall–Kier alpha value is -1.78. The molecule has 0 bridgehead atoms. The molecule has 0 aliphatic heterocycles. The Bertz CT molecular complexity index is 748. The molecule has 0 aliphatic rings. The Morgan fingerprint density at radius 3 is 2.85 bits per heavy atom. The maximum Gasteiger partial charge on any atom is 0.0679 e. The summed E-state index contributed by atoms with van der Waals surface area (Å²) in [6, 6.07) is 10.3. The fourth-order valence-electron chi connectivity index (χ4n) is 2.51. The Kier molecular flexibility index (Phi) is 3.51. The molecule has 2 heterocycles. The Morgan fingerprint density at radius 1 is 1.20 bits per heavy atom. The van der Waals surface area contributed by atoms with Gasteiger partial charge in [-0.1, -0.05) is 25.1 Å². The van der Waals surface area contributed by atoms with Crippen molar-refractivity contribution in [3.8, 4) is 0 Å². The molecule has 3 aromatic rings. The summed E-state index contributed by atoms with van der Waals surface area (Å²) in [5.74, 6) is 0. The number of aromatic nitrogens is 2. The Morgan fingerprint density at radius 2 is 2.05 bits per heavy atom. The molecule has 0 radical (unpaired) electrons. The predicted octanol–water partition coefficient (Wildman–Crippen LogP) is 3.61. The Labute approximate surface area is 122 Å². The van der Waals surface area contributed by atoms with Crippen molar-refractivity contribution in [2.75, 3.05) is 0 Å². The maximum atomic E-state index is 6.53. The molecule has 0 spiro atoms. The number of benzene rings is 1. The largest absolute Gasteiger partial charge is 0.320 e. The van der Waals surface area contributed by atoms with Crippen molar-refractivity contribution >= 4 is 21.4 Å². The smallest absolute Gasteiger partial charge is 0.0679 e. The van der Waals surface area contributed by atoms with Gasteiger partial charge in [-0.3, -0.25) is 0 Å². The number of nitrogens with two attached hydrogens (primary N) is 1. The molecule has 20 heavy (non-hydrogen) atoms. The van der Waals surface area contributed by atoms with E-state index in [1.165, 1.54) is 15.6 Å². The van der Waals surface area contributed by atoms with Crippen molar-refractivity contribution in [1.82, 2.24) is 10.2 Å². The highest BCUT2D eigenvalue weighted by molar-refractivity contribution is 7.17. The third-order valence-corrected chi connectivity index (χ3v) is 4.52. The lowest BCUT2D eigenvalue weighted by Crippen LogP contribution is -2.16. The summed E-state index contributed by atoms with van der Waals surface area (Å²) >= 11 is 1.74. The van der Waals surface area contributed by atoms with Crippen LogP contribution in [0.25, 0.3) is 10.1 Å². The third kappa shape index (κ3) is 2.21. The van der Waals surface area contributed by atoms with Crippen LogP contribution in [0.5, 0.6) is 0 Å². The van der Waals surface area contributed by atoms with Crippen LogP contribution in [0.1, 0.15) is 35.5 Å². The highest BCUT2D eigenvalue weighted by Gasteiger charge is 2.17. The molecular formula is C16H17N3S. The van der Waals surface area contributed by atoms with Crippen LogP contribution in [-0.4, -0.2) is 10.2 Å². The second kappa shape index (κ2) is 5.31. The lowest BCUT2D eigenvalue weighted by molar-refractivity contribution is 0.794. The normalized spacial score (nSPS) is 12.8. The molecule has 0 saturated heterocycles. The third-order valence-electron chi connectivity index (χ3n) is 3.54. The fourth-order valence-corrected chi connectivity index (χ4v) is 3.46. The average molecular weight is 283 g/mol. The fraction of sp³-hybridized carbons (Fsp3) is 0.250. The topological polar surface area (TPSA) is 51.8 Å². The minimum atomic E-state index is -0.151. The number of hydrogen-bond donors (Lipinski definition) is 1. The van der Waals surface area contributed by atoms with Gasteiger partial charge in [0.1, 0.15) is 0 Å². The van der Waals surface area contributed by atoms with E-state index in [0.29, 0.717) is 0 Å². The average Bonchev–Trinajstić information content (AvgIpc) is 2.94. The first-order valence-electron chi connectivity index (χ1n) is 6.75. The van der Waals surface area contributed by atoms with Gasteiger partial charge in [0.15, 0.2) is 0 Å². The Balaban J connectivity index is 2.15. The van der Waals surface area contributed by atoms with E-state index in [9.17, 15) is 0 Å². The molecule has 4 heteroatoms. The molecule has 0 fully saturated rings. The van der Waals surface area contributed by atoms with E-state index in [0.717, 1.165) is 23.4 Å². The van der Waals surface area contributed by atoms with Gasteiger partial charge in [-0.15, -0.1) is 11.3 Å². The first kappa shape index (κ1) is 13.2. The van der Waals surface area contributed by atoms with Crippen LogP contribution in [0.4, 0.5) is 0 Å². The van der Waals surface area contributed by atoms with Gasteiger partial charge in [0.25, 0.3) is 0 Å². The number of fused-ring (bicyclic) bond motifs is 1. The second-order valence-corrected chi connectivity index (χ2v) is 5.82. The van der Waals surface area contributed by atoms with Crippen molar-refractivity contribution in [3.05, 3.63) is 58.2 Å². The molecule has 0 aliphatic carbocycles. The SMILES string of the molecule is CCc1nnc(C)cc1C(N)c1cccc2ccsc12. The van der Waals surface area contributed by atoms with Gasteiger partial charge in [-0.2, -0.15) is 10.2 Å². The maximum absolute atomic E-state index is 6.53. The van der Waals surface area contributed by atoms with Gasteiger partial charge < -0.3 is 5.73 Å². The van der Waals surface area contributed by atoms with Crippen molar-refractivity contribution in [3.63, 3.8) is 0 Å². The van der Waals surface area contributed by atoms with Gasteiger partial charge in [-0.25, -0.2) is 0 Å². The highest BCUT2D eigenvalue weighted by atomic mass is 32.1. The minimum Gasteiger partial charge on any atom is -0.320 e. The molecule has 1 atom stereocenters. The quantitative estimate of drug-likeness (QED) is 0.799. The zero-order chi connectivity index (χ0) is 14.1. The molecule has 2 N–H and O–H groups in total. The van der Waals surface area contributed by atoms with E-state index in [-0.39, 0.29) is 6.04 Å². The summed E-state index contributed by atoms with van der Waals surface area (Å²) in [4.78, 5) is 0. The molecule has 1 unspecified atom stereocenters. The van der Waals surface area contributed by atoms with Crippen molar-refractivity contribution < 1.29 is 0 Å². The summed E-state index contributed by atoms with van der Waals surface area (Å²) in [5, 5.41) is 11.8. The van der Waals surface area contributed by atoms with Crippen LogP contribution in [-0.2, 0) is 6.42 Å². The summed E-state index contributed by atoms with van der Waals surface area (Å²) in [7, 11) is 0.